The fourth-order valence-corrected chi connectivity index (χ4v) is 4.88. The highest BCUT2D eigenvalue weighted by Crippen LogP contribution is 2.33. The molecule has 7 nitrogen and oxygen atoms in total. The molecular weight excluding hydrogens is 382 g/mol. The van der Waals surface area contributed by atoms with E-state index >= 15 is 0 Å². The van der Waals surface area contributed by atoms with E-state index in [9.17, 15) is 4.79 Å². The largest absolute Gasteiger partial charge is 0.493 e. The third-order valence-electron chi connectivity index (χ3n) is 6.61. The highest BCUT2D eigenvalue weighted by atomic mass is 16.5. The van der Waals surface area contributed by atoms with Crippen molar-refractivity contribution in [3.63, 3.8) is 0 Å². The summed E-state index contributed by atoms with van der Waals surface area (Å²) in [6, 6.07) is 6.59. The summed E-state index contributed by atoms with van der Waals surface area (Å²) in [5.41, 5.74) is 1.14. The summed E-state index contributed by atoms with van der Waals surface area (Å²) in [5, 5.41) is 0. The van der Waals surface area contributed by atoms with Crippen molar-refractivity contribution in [1.29, 1.82) is 0 Å². The summed E-state index contributed by atoms with van der Waals surface area (Å²) in [7, 11) is 7.03. The second-order valence-electron chi connectivity index (χ2n) is 8.46. The molecular formula is C23H37N3O4. The molecule has 30 heavy (non-hydrogen) atoms. The highest BCUT2D eigenvalue weighted by Gasteiger charge is 2.34. The molecule has 0 spiro atoms. The molecule has 2 aliphatic rings. The summed E-state index contributed by atoms with van der Waals surface area (Å²) < 4.78 is 16.0. The first-order valence-corrected chi connectivity index (χ1v) is 11.0. The van der Waals surface area contributed by atoms with E-state index in [2.05, 4.69) is 27.8 Å². The van der Waals surface area contributed by atoms with Gasteiger partial charge in [-0.15, -0.1) is 0 Å². The Morgan fingerprint density at radius 3 is 2.50 bits per heavy atom. The third kappa shape index (κ3) is 5.65. The van der Waals surface area contributed by atoms with Crippen molar-refractivity contribution in [2.45, 2.75) is 31.8 Å². The number of piperazine rings is 1. The van der Waals surface area contributed by atoms with Gasteiger partial charge in [0.1, 0.15) is 0 Å². The van der Waals surface area contributed by atoms with E-state index in [1.807, 2.05) is 12.1 Å². The molecule has 1 aromatic rings. The molecule has 0 aliphatic carbocycles. The number of rotatable bonds is 8. The number of hydrogen-bond acceptors (Lipinski definition) is 7. The molecule has 3 rings (SSSR count). The molecule has 7 heteroatoms. The van der Waals surface area contributed by atoms with Crippen LogP contribution in [-0.2, 0) is 16.1 Å². The molecule has 0 radical (unpaired) electrons. The predicted octanol–water partition coefficient (Wildman–Crippen LogP) is 2.09. The zero-order valence-corrected chi connectivity index (χ0v) is 18.9. The van der Waals surface area contributed by atoms with E-state index < -0.39 is 0 Å². The van der Waals surface area contributed by atoms with Crippen LogP contribution in [-0.4, -0.2) is 94.4 Å². The van der Waals surface area contributed by atoms with Crippen LogP contribution in [0.15, 0.2) is 18.2 Å². The fourth-order valence-electron chi connectivity index (χ4n) is 4.88. The van der Waals surface area contributed by atoms with Crippen LogP contribution in [0.3, 0.4) is 0 Å². The van der Waals surface area contributed by atoms with Gasteiger partial charge in [-0.05, 0) is 38.4 Å². The average molecular weight is 420 g/mol. The Morgan fingerprint density at radius 1 is 1.07 bits per heavy atom. The number of hydrogen-bond donors (Lipinski definition) is 0. The van der Waals surface area contributed by atoms with E-state index in [1.54, 1.807) is 14.2 Å². The molecule has 2 saturated heterocycles. The van der Waals surface area contributed by atoms with Gasteiger partial charge in [0.15, 0.2) is 11.5 Å². The highest BCUT2D eigenvalue weighted by molar-refractivity contribution is 5.69. The molecule has 2 atom stereocenters. The number of esters is 1. The number of nitrogens with zero attached hydrogens (tertiary/aromatic N) is 3. The van der Waals surface area contributed by atoms with Gasteiger partial charge in [0.2, 0.25) is 0 Å². The average Bonchev–Trinajstić information content (AvgIpc) is 2.78. The van der Waals surface area contributed by atoms with E-state index in [0.29, 0.717) is 18.4 Å². The van der Waals surface area contributed by atoms with Crippen molar-refractivity contribution in [3.8, 4) is 11.5 Å². The topological polar surface area (TPSA) is 54.5 Å². The summed E-state index contributed by atoms with van der Waals surface area (Å²) in [5.74, 6) is 1.92. The Morgan fingerprint density at radius 2 is 1.83 bits per heavy atom. The molecule has 0 bridgehead atoms. The van der Waals surface area contributed by atoms with E-state index in [1.165, 1.54) is 7.11 Å². The fraction of sp³-hybridized carbons (Fsp3) is 0.696. The zero-order valence-electron chi connectivity index (χ0n) is 18.9. The van der Waals surface area contributed by atoms with Crippen molar-refractivity contribution in [1.82, 2.24) is 14.7 Å². The van der Waals surface area contributed by atoms with E-state index in [4.69, 9.17) is 14.2 Å². The second kappa shape index (κ2) is 11.0. The number of carbonyl (C=O) groups excluding carboxylic acids is 1. The Bertz CT molecular complexity index is 691. The molecule has 168 valence electrons. The number of ether oxygens (including phenoxy) is 3. The van der Waals surface area contributed by atoms with Crippen molar-refractivity contribution in [2.24, 2.45) is 5.92 Å². The van der Waals surface area contributed by atoms with Crippen LogP contribution in [0.2, 0.25) is 0 Å². The molecule has 2 heterocycles. The number of para-hydroxylation sites is 1. The quantitative estimate of drug-likeness (QED) is 0.598. The Labute approximate surface area is 180 Å². The van der Waals surface area contributed by atoms with Gasteiger partial charge < -0.3 is 19.1 Å². The molecule has 0 unspecified atom stereocenters. The Kier molecular flexibility index (Phi) is 8.36. The van der Waals surface area contributed by atoms with Gasteiger partial charge in [-0.1, -0.05) is 12.1 Å². The zero-order chi connectivity index (χ0) is 21.5. The molecule has 2 fully saturated rings. The minimum absolute atomic E-state index is 0.112. The first kappa shape index (κ1) is 22.8. The van der Waals surface area contributed by atoms with Crippen molar-refractivity contribution in [2.75, 3.05) is 67.6 Å². The van der Waals surface area contributed by atoms with Crippen LogP contribution in [0.25, 0.3) is 0 Å². The maximum atomic E-state index is 11.8. The van der Waals surface area contributed by atoms with E-state index in [-0.39, 0.29) is 5.97 Å². The number of likely N-dealkylation sites (N-methyl/N-ethyl adjacent to an activating group) is 1. The van der Waals surface area contributed by atoms with Crippen molar-refractivity contribution < 1.29 is 19.0 Å². The first-order valence-electron chi connectivity index (χ1n) is 11.0. The summed E-state index contributed by atoms with van der Waals surface area (Å²) in [6.45, 7) is 7.31. The standard InChI is InChI=1S/C23H37N3O4/c1-24-12-14-26(15-13-24)20-10-11-25(16-18(20)8-9-22(27)29-3)17-19-6-5-7-21(28-2)23(19)30-4/h5-7,18,20H,8-17H2,1-4H3/t18-,20+/m0/s1. The lowest BCUT2D eigenvalue weighted by Gasteiger charge is -2.46. The smallest absolute Gasteiger partial charge is 0.305 e. The van der Waals surface area contributed by atoms with Crippen LogP contribution in [0.1, 0.15) is 24.8 Å². The maximum Gasteiger partial charge on any atom is 0.305 e. The minimum Gasteiger partial charge on any atom is -0.493 e. The van der Waals surface area contributed by atoms with Crippen LogP contribution < -0.4 is 9.47 Å². The van der Waals surface area contributed by atoms with Crippen LogP contribution in [0, 0.1) is 5.92 Å². The van der Waals surface area contributed by atoms with Gasteiger partial charge in [-0.25, -0.2) is 0 Å². The molecule has 0 amide bonds. The lowest BCUT2D eigenvalue weighted by atomic mass is 9.86. The maximum absolute atomic E-state index is 11.8. The second-order valence-corrected chi connectivity index (χ2v) is 8.46. The van der Waals surface area contributed by atoms with Crippen molar-refractivity contribution in [3.05, 3.63) is 23.8 Å². The number of methoxy groups -OCH3 is 3. The number of benzene rings is 1. The lowest BCUT2D eigenvalue weighted by Crippen LogP contribution is -2.56. The lowest BCUT2D eigenvalue weighted by molar-refractivity contribution is -0.141. The van der Waals surface area contributed by atoms with Gasteiger partial charge in [-0.2, -0.15) is 0 Å². The Balaban J connectivity index is 1.69. The number of piperidine rings is 1. The van der Waals surface area contributed by atoms with Gasteiger partial charge in [0, 0.05) is 57.3 Å². The molecule has 2 aliphatic heterocycles. The summed E-state index contributed by atoms with van der Waals surface area (Å²) in [6.07, 6.45) is 2.49. The molecule has 0 aromatic heterocycles. The minimum atomic E-state index is -0.112. The van der Waals surface area contributed by atoms with Gasteiger partial charge in [0.05, 0.1) is 21.3 Å². The third-order valence-corrected chi connectivity index (χ3v) is 6.61. The SMILES string of the molecule is COC(=O)CC[C@H]1CN(Cc2cccc(OC)c2OC)CC[C@H]1N1CCN(C)CC1. The van der Waals surface area contributed by atoms with Gasteiger partial charge >= 0.3 is 5.97 Å². The van der Waals surface area contributed by atoms with Crippen molar-refractivity contribution >= 4 is 5.97 Å². The van der Waals surface area contributed by atoms with Crippen LogP contribution >= 0.6 is 0 Å². The molecule has 0 N–H and O–H groups in total. The van der Waals surface area contributed by atoms with Gasteiger partial charge in [-0.3, -0.25) is 14.6 Å². The van der Waals surface area contributed by atoms with Crippen LogP contribution in [0.4, 0.5) is 0 Å². The first-order chi connectivity index (χ1) is 14.5. The molecule has 0 saturated carbocycles. The molecule has 1 aromatic carbocycles. The Hall–Kier alpha value is -1.83. The number of carbonyl (C=O) groups is 1. The van der Waals surface area contributed by atoms with Crippen LogP contribution in [0.5, 0.6) is 11.5 Å². The predicted molar refractivity (Wildman–Crippen MR) is 117 cm³/mol. The van der Waals surface area contributed by atoms with Gasteiger partial charge in [0.25, 0.3) is 0 Å². The van der Waals surface area contributed by atoms with E-state index in [0.717, 1.165) is 75.7 Å². The summed E-state index contributed by atoms with van der Waals surface area (Å²) >= 11 is 0. The summed E-state index contributed by atoms with van der Waals surface area (Å²) in [4.78, 5) is 19.3. The number of likely N-dealkylation sites (tertiary alicyclic amines) is 1. The normalized spacial score (nSPS) is 23.9. The monoisotopic (exact) mass is 419 g/mol.